The van der Waals surface area contributed by atoms with E-state index < -0.39 is 6.09 Å². The van der Waals surface area contributed by atoms with Gasteiger partial charge in [-0.05, 0) is 24.3 Å². The molecule has 0 aliphatic carbocycles. The summed E-state index contributed by atoms with van der Waals surface area (Å²) < 4.78 is 10.0. The number of anilines is 1. The van der Waals surface area contributed by atoms with Gasteiger partial charge in [0, 0.05) is 35.9 Å². The third-order valence-corrected chi connectivity index (χ3v) is 3.21. The maximum atomic E-state index is 11.8. The second-order valence-electron chi connectivity index (χ2n) is 4.91. The predicted octanol–water partition coefficient (Wildman–Crippen LogP) is 2.69. The van der Waals surface area contributed by atoms with Gasteiger partial charge in [-0.15, -0.1) is 0 Å². The Bertz CT molecular complexity index is 823. The van der Waals surface area contributed by atoms with Crippen molar-refractivity contribution < 1.29 is 14.3 Å². The summed E-state index contributed by atoms with van der Waals surface area (Å²) in [5.74, 6) is 0.379. The summed E-state index contributed by atoms with van der Waals surface area (Å²) in [6, 6.07) is 9.16. The molecule has 0 fully saturated rings. The molecule has 3 rings (SSSR count). The number of pyridine rings is 2. The molecule has 0 unspecified atom stereocenters. The highest BCUT2D eigenvalue weighted by atomic mass is 16.5. The zero-order valence-electron chi connectivity index (χ0n) is 13.4. The van der Waals surface area contributed by atoms with E-state index in [1.807, 2.05) is 6.07 Å². The van der Waals surface area contributed by atoms with E-state index in [0.29, 0.717) is 17.5 Å². The third-order valence-electron chi connectivity index (χ3n) is 3.21. The number of aromatic nitrogens is 4. The van der Waals surface area contributed by atoms with Crippen LogP contribution in [0.15, 0.2) is 55.1 Å². The van der Waals surface area contributed by atoms with Crippen LogP contribution >= 0.6 is 0 Å². The molecule has 0 aliphatic rings. The molecule has 0 saturated carbocycles. The van der Waals surface area contributed by atoms with Crippen molar-refractivity contribution in [3.63, 3.8) is 0 Å². The molecule has 1 N–H and O–H groups in total. The highest BCUT2D eigenvalue weighted by Gasteiger charge is 2.06. The molecule has 0 bridgehead atoms. The van der Waals surface area contributed by atoms with Gasteiger partial charge in [0.05, 0.1) is 12.8 Å². The summed E-state index contributed by atoms with van der Waals surface area (Å²) in [6.07, 6.45) is 5.92. The van der Waals surface area contributed by atoms with Crippen LogP contribution in [0.3, 0.4) is 0 Å². The van der Waals surface area contributed by atoms with Crippen molar-refractivity contribution >= 4 is 11.9 Å². The van der Waals surface area contributed by atoms with E-state index in [-0.39, 0.29) is 6.61 Å². The van der Waals surface area contributed by atoms with Crippen molar-refractivity contribution in [2.24, 2.45) is 0 Å². The minimum atomic E-state index is -0.598. The molecule has 1 amide bonds. The Kier molecular flexibility index (Phi) is 5.10. The normalized spacial score (nSPS) is 10.1. The first-order valence-corrected chi connectivity index (χ1v) is 7.41. The molecule has 0 radical (unpaired) electrons. The minimum absolute atomic E-state index is 0.0912. The quantitative estimate of drug-likeness (QED) is 0.764. The first-order valence-electron chi connectivity index (χ1n) is 7.41. The molecule has 0 aliphatic heterocycles. The van der Waals surface area contributed by atoms with Crippen molar-refractivity contribution in [3.05, 3.63) is 60.8 Å². The number of methoxy groups -OCH3 is 1. The molecule has 3 heterocycles. The maximum absolute atomic E-state index is 11.8. The highest BCUT2D eigenvalue weighted by Crippen LogP contribution is 2.19. The number of nitrogens with zero attached hydrogens (tertiary/aromatic N) is 4. The van der Waals surface area contributed by atoms with E-state index in [0.717, 1.165) is 11.1 Å². The van der Waals surface area contributed by atoms with E-state index in [1.54, 1.807) is 49.1 Å². The first-order chi connectivity index (χ1) is 12.2. The number of carbonyl (C=O) groups excluding carboxylic acids is 1. The maximum Gasteiger partial charge on any atom is 0.413 e. The largest absolute Gasteiger partial charge is 0.467 e. The molecule has 8 heteroatoms. The fourth-order valence-corrected chi connectivity index (χ4v) is 1.97. The number of nitrogens with one attached hydrogen (secondary N) is 1. The summed E-state index contributed by atoms with van der Waals surface area (Å²) in [7, 11) is 1.50. The fraction of sp³-hybridized carbons (Fsp3) is 0.118. The van der Waals surface area contributed by atoms with Gasteiger partial charge in [0.1, 0.15) is 12.4 Å². The number of hydrogen-bond acceptors (Lipinski definition) is 7. The SMILES string of the molecule is COc1ncc(-c2ccc(NC(=O)OCc3ccccn3)nc2)cn1. The van der Waals surface area contributed by atoms with Crippen molar-refractivity contribution in [1.29, 1.82) is 0 Å². The molecular formula is C17H15N5O3. The van der Waals surface area contributed by atoms with E-state index >= 15 is 0 Å². The lowest BCUT2D eigenvalue weighted by molar-refractivity contribution is 0.153. The van der Waals surface area contributed by atoms with Gasteiger partial charge in [0.25, 0.3) is 0 Å². The van der Waals surface area contributed by atoms with Gasteiger partial charge in [0.15, 0.2) is 0 Å². The molecule has 8 nitrogen and oxygen atoms in total. The lowest BCUT2D eigenvalue weighted by Gasteiger charge is -2.07. The molecule has 126 valence electrons. The molecular weight excluding hydrogens is 322 g/mol. The van der Waals surface area contributed by atoms with Crippen LogP contribution in [0.1, 0.15) is 5.69 Å². The Morgan fingerprint density at radius 2 is 1.80 bits per heavy atom. The van der Waals surface area contributed by atoms with E-state index in [2.05, 4.69) is 25.3 Å². The standard InChI is InChI=1S/C17H15N5O3/c1-24-16-20-9-13(10-21-16)12-5-6-15(19-8-12)22-17(23)25-11-14-4-2-3-7-18-14/h2-10H,11H2,1H3,(H,19,22,23). The third kappa shape index (κ3) is 4.47. The van der Waals surface area contributed by atoms with Crippen molar-refractivity contribution in [3.8, 4) is 17.1 Å². The zero-order valence-corrected chi connectivity index (χ0v) is 13.4. The van der Waals surface area contributed by atoms with Gasteiger partial charge in [-0.1, -0.05) is 6.07 Å². The highest BCUT2D eigenvalue weighted by molar-refractivity contribution is 5.83. The van der Waals surface area contributed by atoms with Crippen LogP contribution in [0.5, 0.6) is 6.01 Å². The lowest BCUT2D eigenvalue weighted by Crippen LogP contribution is -2.14. The Hall–Kier alpha value is -3.55. The topological polar surface area (TPSA) is 99.1 Å². The monoisotopic (exact) mass is 337 g/mol. The number of carbonyl (C=O) groups is 1. The van der Waals surface area contributed by atoms with Gasteiger partial charge < -0.3 is 9.47 Å². The van der Waals surface area contributed by atoms with Crippen LogP contribution in [0.4, 0.5) is 10.6 Å². The van der Waals surface area contributed by atoms with Crippen molar-refractivity contribution in [2.45, 2.75) is 6.61 Å². The van der Waals surface area contributed by atoms with Crippen LogP contribution in [0, 0.1) is 0 Å². The van der Waals surface area contributed by atoms with Crippen LogP contribution in [-0.2, 0) is 11.3 Å². The summed E-state index contributed by atoms with van der Waals surface area (Å²) in [5, 5.41) is 2.56. The summed E-state index contributed by atoms with van der Waals surface area (Å²) in [5.41, 5.74) is 2.27. The molecule has 0 saturated heterocycles. The Labute approximate surface area is 143 Å². The molecule has 0 atom stereocenters. The first kappa shape index (κ1) is 16.3. The smallest absolute Gasteiger partial charge is 0.413 e. The van der Waals surface area contributed by atoms with Crippen LogP contribution in [-0.4, -0.2) is 33.1 Å². The van der Waals surface area contributed by atoms with Crippen LogP contribution in [0.25, 0.3) is 11.1 Å². The number of ether oxygens (including phenoxy) is 2. The van der Waals surface area contributed by atoms with Gasteiger partial charge >= 0.3 is 12.1 Å². The van der Waals surface area contributed by atoms with Gasteiger partial charge in [0.2, 0.25) is 0 Å². The molecule has 0 aromatic carbocycles. The van der Waals surface area contributed by atoms with Crippen LogP contribution < -0.4 is 10.1 Å². The second kappa shape index (κ2) is 7.82. The van der Waals surface area contributed by atoms with Gasteiger partial charge in [-0.25, -0.2) is 19.7 Å². The molecule has 0 spiro atoms. The van der Waals surface area contributed by atoms with Crippen LogP contribution in [0.2, 0.25) is 0 Å². The number of rotatable bonds is 5. The number of amides is 1. The predicted molar refractivity (Wildman–Crippen MR) is 89.9 cm³/mol. The Balaban J connectivity index is 1.57. The summed E-state index contributed by atoms with van der Waals surface area (Å²) in [6.45, 7) is 0.0912. The van der Waals surface area contributed by atoms with Crippen molar-refractivity contribution in [1.82, 2.24) is 19.9 Å². The second-order valence-corrected chi connectivity index (χ2v) is 4.91. The lowest BCUT2D eigenvalue weighted by atomic mass is 10.1. The van der Waals surface area contributed by atoms with E-state index in [4.69, 9.17) is 9.47 Å². The molecule has 3 aromatic heterocycles. The van der Waals surface area contributed by atoms with Gasteiger partial charge in [-0.3, -0.25) is 10.3 Å². The zero-order chi connectivity index (χ0) is 17.5. The van der Waals surface area contributed by atoms with E-state index in [1.165, 1.54) is 7.11 Å². The summed E-state index contributed by atoms with van der Waals surface area (Å²) >= 11 is 0. The fourth-order valence-electron chi connectivity index (χ4n) is 1.97. The van der Waals surface area contributed by atoms with Crippen molar-refractivity contribution in [2.75, 3.05) is 12.4 Å². The van der Waals surface area contributed by atoms with Gasteiger partial charge in [-0.2, -0.15) is 0 Å². The average Bonchev–Trinajstić information content (AvgIpc) is 2.68. The molecule has 25 heavy (non-hydrogen) atoms. The minimum Gasteiger partial charge on any atom is -0.467 e. The number of hydrogen-bond donors (Lipinski definition) is 1. The summed E-state index contributed by atoms with van der Waals surface area (Å²) in [4.78, 5) is 28.1. The average molecular weight is 337 g/mol. The Morgan fingerprint density at radius 1 is 1.00 bits per heavy atom. The molecule has 3 aromatic rings. The van der Waals surface area contributed by atoms with E-state index in [9.17, 15) is 4.79 Å². The Morgan fingerprint density at radius 3 is 2.44 bits per heavy atom.